The number of alkyl halides is 1. The number of rotatable bonds is 6. The van der Waals surface area contributed by atoms with Crippen molar-refractivity contribution in [3.05, 3.63) is 17.5 Å². The summed E-state index contributed by atoms with van der Waals surface area (Å²) in [6.07, 6.45) is 2.17. The fourth-order valence-electron chi connectivity index (χ4n) is 1.68. The van der Waals surface area contributed by atoms with Gasteiger partial charge < -0.3 is 5.32 Å². The molecule has 1 unspecified atom stereocenters. The zero-order valence-corrected chi connectivity index (χ0v) is 12.2. The van der Waals surface area contributed by atoms with Crippen LogP contribution in [0.2, 0.25) is 0 Å². The molecule has 1 atom stereocenters. The SMILES string of the molecule is CCCC(Br)CNC(=O)c1cc(C)nn1CC. The Morgan fingerprint density at radius 3 is 2.88 bits per heavy atom. The van der Waals surface area contributed by atoms with Crippen LogP contribution >= 0.6 is 15.9 Å². The second-order valence-corrected chi connectivity index (χ2v) is 5.38. The molecule has 0 saturated heterocycles. The molecular weight excluding hydrogens is 282 g/mol. The Hall–Kier alpha value is -0.840. The second-order valence-electron chi connectivity index (χ2n) is 4.08. The van der Waals surface area contributed by atoms with E-state index in [1.807, 2.05) is 19.9 Å². The van der Waals surface area contributed by atoms with Crippen LogP contribution in [0.1, 0.15) is 42.9 Å². The van der Waals surface area contributed by atoms with E-state index in [-0.39, 0.29) is 5.91 Å². The lowest BCUT2D eigenvalue weighted by atomic mass is 10.2. The fraction of sp³-hybridized carbons (Fsp3) is 0.667. The minimum absolute atomic E-state index is 0.0481. The summed E-state index contributed by atoms with van der Waals surface area (Å²) in [5.41, 5.74) is 1.52. The molecule has 0 aliphatic rings. The van der Waals surface area contributed by atoms with E-state index in [4.69, 9.17) is 0 Å². The number of nitrogens with zero attached hydrogens (tertiary/aromatic N) is 2. The highest BCUT2D eigenvalue weighted by Crippen LogP contribution is 2.07. The molecule has 4 nitrogen and oxygen atoms in total. The molecule has 0 aliphatic heterocycles. The number of carbonyl (C=O) groups excluding carboxylic acids is 1. The average molecular weight is 302 g/mol. The molecule has 0 aliphatic carbocycles. The van der Waals surface area contributed by atoms with E-state index in [0.717, 1.165) is 18.5 Å². The Kier molecular flexibility index (Phi) is 5.68. The van der Waals surface area contributed by atoms with E-state index in [2.05, 4.69) is 33.3 Å². The van der Waals surface area contributed by atoms with Gasteiger partial charge in [-0.3, -0.25) is 9.48 Å². The molecule has 1 heterocycles. The molecule has 1 aromatic rings. The second kappa shape index (κ2) is 6.79. The van der Waals surface area contributed by atoms with Gasteiger partial charge in [0.05, 0.1) is 5.69 Å². The first-order valence-corrected chi connectivity index (χ1v) is 6.96. The maximum absolute atomic E-state index is 12.0. The van der Waals surface area contributed by atoms with Gasteiger partial charge in [0.1, 0.15) is 5.69 Å². The van der Waals surface area contributed by atoms with Crippen LogP contribution in [-0.4, -0.2) is 27.1 Å². The fourth-order valence-corrected chi connectivity index (χ4v) is 2.30. The van der Waals surface area contributed by atoms with Crippen LogP contribution in [0.3, 0.4) is 0 Å². The Morgan fingerprint density at radius 1 is 1.59 bits per heavy atom. The van der Waals surface area contributed by atoms with Crippen molar-refractivity contribution in [2.24, 2.45) is 0 Å². The molecule has 0 bridgehead atoms. The summed E-state index contributed by atoms with van der Waals surface area (Å²) >= 11 is 3.54. The van der Waals surface area contributed by atoms with E-state index >= 15 is 0 Å². The Labute approximate surface area is 111 Å². The van der Waals surface area contributed by atoms with Gasteiger partial charge in [-0.2, -0.15) is 5.10 Å². The van der Waals surface area contributed by atoms with Crippen molar-refractivity contribution in [2.75, 3.05) is 6.54 Å². The van der Waals surface area contributed by atoms with Crippen molar-refractivity contribution in [3.8, 4) is 0 Å². The van der Waals surface area contributed by atoms with E-state index in [9.17, 15) is 4.79 Å². The summed E-state index contributed by atoms with van der Waals surface area (Å²) in [6, 6.07) is 1.82. The Balaban J connectivity index is 2.57. The van der Waals surface area contributed by atoms with Crippen LogP contribution < -0.4 is 5.32 Å². The molecule has 0 saturated carbocycles. The van der Waals surface area contributed by atoms with Crippen molar-refractivity contribution >= 4 is 21.8 Å². The van der Waals surface area contributed by atoms with Gasteiger partial charge in [-0.05, 0) is 26.3 Å². The van der Waals surface area contributed by atoms with Gasteiger partial charge in [0.2, 0.25) is 0 Å². The number of aryl methyl sites for hydroxylation is 2. The van der Waals surface area contributed by atoms with E-state index in [1.54, 1.807) is 4.68 Å². The average Bonchev–Trinajstić information content (AvgIpc) is 2.68. The molecular formula is C12H20BrN3O. The summed E-state index contributed by atoms with van der Waals surface area (Å²) in [7, 11) is 0. The monoisotopic (exact) mass is 301 g/mol. The van der Waals surface area contributed by atoms with Gasteiger partial charge in [0, 0.05) is 17.9 Å². The smallest absolute Gasteiger partial charge is 0.269 e. The minimum Gasteiger partial charge on any atom is -0.350 e. The van der Waals surface area contributed by atoms with Gasteiger partial charge in [-0.1, -0.05) is 29.3 Å². The first-order chi connectivity index (χ1) is 8.08. The first-order valence-electron chi connectivity index (χ1n) is 6.05. The van der Waals surface area contributed by atoms with E-state index < -0.39 is 0 Å². The van der Waals surface area contributed by atoms with E-state index in [0.29, 0.717) is 23.6 Å². The Morgan fingerprint density at radius 2 is 2.29 bits per heavy atom. The largest absolute Gasteiger partial charge is 0.350 e. The summed E-state index contributed by atoms with van der Waals surface area (Å²) < 4.78 is 1.73. The highest BCUT2D eigenvalue weighted by Gasteiger charge is 2.13. The number of aromatic nitrogens is 2. The zero-order valence-electron chi connectivity index (χ0n) is 10.7. The molecule has 5 heteroatoms. The van der Waals surface area contributed by atoms with Crippen LogP contribution in [-0.2, 0) is 6.54 Å². The molecule has 1 rings (SSSR count). The summed E-state index contributed by atoms with van der Waals surface area (Å²) in [6.45, 7) is 7.37. The number of carbonyl (C=O) groups is 1. The van der Waals surface area contributed by atoms with Crippen LogP contribution in [0.4, 0.5) is 0 Å². The molecule has 1 amide bonds. The third-order valence-electron chi connectivity index (χ3n) is 2.52. The van der Waals surface area contributed by atoms with Gasteiger partial charge in [0.15, 0.2) is 0 Å². The van der Waals surface area contributed by atoms with Crippen LogP contribution in [0.5, 0.6) is 0 Å². The topological polar surface area (TPSA) is 46.9 Å². The highest BCUT2D eigenvalue weighted by atomic mass is 79.9. The van der Waals surface area contributed by atoms with Crippen LogP contribution in [0.15, 0.2) is 6.07 Å². The standard InChI is InChI=1S/C12H20BrN3O/c1-4-6-10(13)8-14-12(17)11-7-9(3)15-16(11)5-2/h7,10H,4-6,8H2,1-3H3,(H,14,17). The maximum Gasteiger partial charge on any atom is 0.269 e. The van der Waals surface area contributed by atoms with Crippen molar-refractivity contribution in [3.63, 3.8) is 0 Å². The third-order valence-corrected chi connectivity index (χ3v) is 3.30. The Bertz CT molecular complexity index is 376. The lowest BCUT2D eigenvalue weighted by Crippen LogP contribution is -2.31. The predicted octanol–water partition coefficient (Wildman–Crippen LogP) is 2.50. The first kappa shape index (κ1) is 14.2. The number of nitrogens with one attached hydrogen (secondary N) is 1. The highest BCUT2D eigenvalue weighted by molar-refractivity contribution is 9.09. The van der Waals surface area contributed by atoms with Crippen molar-refractivity contribution in [1.82, 2.24) is 15.1 Å². The predicted molar refractivity (Wildman–Crippen MR) is 72.6 cm³/mol. The zero-order chi connectivity index (χ0) is 12.8. The lowest BCUT2D eigenvalue weighted by molar-refractivity contribution is 0.0943. The molecule has 17 heavy (non-hydrogen) atoms. The lowest BCUT2D eigenvalue weighted by Gasteiger charge is -2.10. The number of halogens is 1. The van der Waals surface area contributed by atoms with Crippen molar-refractivity contribution in [2.45, 2.75) is 45.0 Å². The third kappa shape index (κ3) is 4.15. The number of hydrogen-bond donors (Lipinski definition) is 1. The van der Waals surface area contributed by atoms with Crippen LogP contribution in [0.25, 0.3) is 0 Å². The quantitative estimate of drug-likeness (QED) is 0.821. The summed E-state index contributed by atoms with van der Waals surface area (Å²) in [4.78, 5) is 12.3. The molecule has 0 radical (unpaired) electrons. The van der Waals surface area contributed by atoms with Gasteiger partial charge in [0.25, 0.3) is 5.91 Å². The van der Waals surface area contributed by atoms with Crippen molar-refractivity contribution in [1.29, 1.82) is 0 Å². The number of amides is 1. The van der Waals surface area contributed by atoms with Gasteiger partial charge in [-0.15, -0.1) is 0 Å². The maximum atomic E-state index is 12.0. The van der Waals surface area contributed by atoms with E-state index in [1.165, 1.54) is 0 Å². The molecule has 0 fully saturated rings. The van der Waals surface area contributed by atoms with Crippen molar-refractivity contribution < 1.29 is 4.79 Å². The van der Waals surface area contributed by atoms with Crippen LogP contribution in [0, 0.1) is 6.92 Å². The summed E-state index contributed by atoms with van der Waals surface area (Å²) in [5, 5.41) is 7.18. The van der Waals surface area contributed by atoms with Gasteiger partial charge >= 0.3 is 0 Å². The molecule has 0 spiro atoms. The van der Waals surface area contributed by atoms with Gasteiger partial charge in [-0.25, -0.2) is 0 Å². The normalized spacial score (nSPS) is 12.5. The number of hydrogen-bond acceptors (Lipinski definition) is 2. The minimum atomic E-state index is -0.0481. The summed E-state index contributed by atoms with van der Waals surface area (Å²) in [5.74, 6) is -0.0481. The molecule has 1 N–H and O–H groups in total. The molecule has 1 aromatic heterocycles. The molecule has 96 valence electrons. The molecule has 0 aromatic carbocycles.